The van der Waals surface area contributed by atoms with Gasteiger partial charge in [0.25, 0.3) is 5.91 Å². The molecule has 0 unspecified atom stereocenters. The van der Waals surface area contributed by atoms with E-state index in [0.717, 1.165) is 6.07 Å². The van der Waals surface area contributed by atoms with Crippen molar-refractivity contribution in [1.29, 1.82) is 0 Å². The molecule has 0 heterocycles. The number of hydrogen-bond donors (Lipinski definition) is 1. The summed E-state index contributed by atoms with van der Waals surface area (Å²) in [5, 5.41) is 2.38. The quantitative estimate of drug-likeness (QED) is 0.786. The highest BCUT2D eigenvalue weighted by molar-refractivity contribution is 5.95. The van der Waals surface area contributed by atoms with Crippen LogP contribution in [0.4, 0.5) is 8.78 Å². The van der Waals surface area contributed by atoms with E-state index in [2.05, 4.69) is 11.2 Å². The summed E-state index contributed by atoms with van der Waals surface area (Å²) < 4.78 is 27.0. The molecule has 4 heteroatoms. The molecular formula is C13H13F2NO. The Labute approximate surface area is 99.0 Å². The van der Waals surface area contributed by atoms with E-state index in [4.69, 9.17) is 6.42 Å². The molecule has 2 nitrogen and oxygen atoms in total. The van der Waals surface area contributed by atoms with Crippen LogP contribution in [0.2, 0.25) is 0 Å². The van der Waals surface area contributed by atoms with Crippen LogP contribution in [0.15, 0.2) is 12.1 Å². The van der Waals surface area contributed by atoms with Crippen LogP contribution in [-0.2, 0) is 0 Å². The standard InChI is InChI=1S/C13H13F2NO/c1-5-13(3,4)16-12(17)10-9(14)7-6-8(2)11(10)15/h1,6-7H,2-4H3,(H,16,17). The Morgan fingerprint density at radius 1 is 1.41 bits per heavy atom. The Hall–Kier alpha value is -1.89. The van der Waals surface area contributed by atoms with E-state index in [0.29, 0.717) is 0 Å². The van der Waals surface area contributed by atoms with Gasteiger partial charge in [-0.15, -0.1) is 6.42 Å². The van der Waals surface area contributed by atoms with E-state index < -0.39 is 28.6 Å². The normalized spacial score (nSPS) is 10.8. The van der Waals surface area contributed by atoms with Gasteiger partial charge in [-0.3, -0.25) is 4.79 Å². The molecule has 0 saturated heterocycles. The summed E-state index contributed by atoms with van der Waals surface area (Å²) in [7, 11) is 0. The second kappa shape index (κ2) is 4.54. The molecule has 0 aliphatic carbocycles. The molecule has 1 amide bonds. The largest absolute Gasteiger partial charge is 0.336 e. The van der Waals surface area contributed by atoms with Crippen molar-refractivity contribution >= 4 is 5.91 Å². The third-order valence-electron chi connectivity index (χ3n) is 2.30. The molecule has 0 bridgehead atoms. The number of hydrogen-bond acceptors (Lipinski definition) is 1. The molecule has 0 aliphatic heterocycles. The van der Waals surface area contributed by atoms with Gasteiger partial charge in [0.05, 0.1) is 5.54 Å². The summed E-state index contributed by atoms with van der Waals surface area (Å²) in [5.74, 6) is -0.306. The van der Waals surface area contributed by atoms with Gasteiger partial charge in [-0.2, -0.15) is 0 Å². The summed E-state index contributed by atoms with van der Waals surface area (Å²) in [6.07, 6.45) is 5.19. The van der Waals surface area contributed by atoms with Crippen LogP contribution in [0.5, 0.6) is 0 Å². The number of amides is 1. The van der Waals surface area contributed by atoms with E-state index in [9.17, 15) is 13.6 Å². The third kappa shape index (κ3) is 2.82. The summed E-state index contributed by atoms with van der Waals surface area (Å²) in [6.45, 7) is 4.59. The Balaban J connectivity index is 3.15. The van der Waals surface area contributed by atoms with Crippen LogP contribution >= 0.6 is 0 Å². The Morgan fingerprint density at radius 2 is 2.00 bits per heavy atom. The minimum atomic E-state index is -0.959. The molecule has 90 valence electrons. The number of carbonyl (C=O) groups is 1. The summed E-state index contributed by atoms with van der Waals surface area (Å²) in [4.78, 5) is 11.7. The van der Waals surface area contributed by atoms with Crippen LogP contribution < -0.4 is 5.32 Å². The van der Waals surface area contributed by atoms with E-state index in [1.807, 2.05) is 0 Å². The fourth-order valence-electron chi connectivity index (χ4n) is 1.25. The van der Waals surface area contributed by atoms with Gasteiger partial charge in [0.2, 0.25) is 0 Å². The van der Waals surface area contributed by atoms with Gasteiger partial charge >= 0.3 is 0 Å². The molecule has 0 aromatic heterocycles. The summed E-state index contributed by atoms with van der Waals surface area (Å²) >= 11 is 0. The Bertz CT molecular complexity index is 501. The van der Waals surface area contributed by atoms with Crippen molar-refractivity contribution in [3.05, 3.63) is 34.9 Å². The minimum absolute atomic E-state index is 0.204. The average Bonchev–Trinajstić information content (AvgIpc) is 2.23. The number of halogens is 2. The molecule has 1 aromatic carbocycles. The van der Waals surface area contributed by atoms with Crippen molar-refractivity contribution in [3.63, 3.8) is 0 Å². The van der Waals surface area contributed by atoms with Crippen molar-refractivity contribution in [2.75, 3.05) is 0 Å². The molecule has 17 heavy (non-hydrogen) atoms. The minimum Gasteiger partial charge on any atom is -0.336 e. The molecule has 1 aromatic rings. The number of nitrogens with one attached hydrogen (secondary N) is 1. The maximum atomic E-state index is 13.6. The van der Waals surface area contributed by atoms with Crippen LogP contribution in [0, 0.1) is 30.9 Å². The first kappa shape index (κ1) is 13.2. The molecule has 0 fully saturated rings. The number of benzene rings is 1. The Kier molecular flexibility index (Phi) is 3.52. The molecule has 1 N–H and O–H groups in total. The molecule has 0 spiro atoms. The lowest BCUT2D eigenvalue weighted by Crippen LogP contribution is -2.42. The predicted octanol–water partition coefficient (Wildman–Crippen LogP) is 2.41. The zero-order chi connectivity index (χ0) is 13.2. The summed E-state index contributed by atoms with van der Waals surface area (Å²) in [5.41, 5.74) is -1.36. The first-order valence-corrected chi connectivity index (χ1v) is 5.03. The van der Waals surface area contributed by atoms with Crippen LogP contribution in [0.25, 0.3) is 0 Å². The van der Waals surface area contributed by atoms with Crippen LogP contribution in [0.1, 0.15) is 29.8 Å². The second-order valence-corrected chi connectivity index (χ2v) is 4.28. The van der Waals surface area contributed by atoms with E-state index in [1.165, 1.54) is 13.0 Å². The number of rotatable bonds is 2. The topological polar surface area (TPSA) is 29.1 Å². The number of carbonyl (C=O) groups excluding carboxylic acids is 1. The predicted molar refractivity (Wildman–Crippen MR) is 61.5 cm³/mol. The molecule has 0 atom stereocenters. The zero-order valence-corrected chi connectivity index (χ0v) is 9.90. The van der Waals surface area contributed by atoms with Crippen molar-refractivity contribution < 1.29 is 13.6 Å². The molecular weight excluding hydrogens is 224 g/mol. The number of terminal acetylenes is 1. The maximum absolute atomic E-state index is 13.6. The SMILES string of the molecule is C#CC(C)(C)NC(=O)c1c(F)ccc(C)c1F. The van der Waals surface area contributed by atoms with Gasteiger partial charge in [0, 0.05) is 0 Å². The average molecular weight is 237 g/mol. The van der Waals surface area contributed by atoms with Gasteiger partial charge in [-0.1, -0.05) is 12.0 Å². The van der Waals surface area contributed by atoms with E-state index in [1.54, 1.807) is 13.8 Å². The monoisotopic (exact) mass is 237 g/mol. The lowest BCUT2D eigenvalue weighted by atomic mass is 10.0. The fraction of sp³-hybridized carbons (Fsp3) is 0.308. The highest BCUT2D eigenvalue weighted by Crippen LogP contribution is 2.17. The van der Waals surface area contributed by atoms with Crippen molar-refractivity contribution in [2.45, 2.75) is 26.3 Å². The highest BCUT2D eigenvalue weighted by Gasteiger charge is 2.24. The molecule has 0 aliphatic rings. The smallest absolute Gasteiger partial charge is 0.258 e. The van der Waals surface area contributed by atoms with Crippen molar-refractivity contribution in [3.8, 4) is 12.3 Å². The van der Waals surface area contributed by atoms with Crippen molar-refractivity contribution in [1.82, 2.24) is 5.32 Å². The highest BCUT2D eigenvalue weighted by atomic mass is 19.1. The summed E-state index contributed by atoms with van der Waals surface area (Å²) in [6, 6.07) is 2.32. The Morgan fingerprint density at radius 3 is 2.53 bits per heavy atom. The van der Waals surface area contributed by atoms with E-state index >= 15 is 0 Å². The van der Waals surface area contributed by atoms with Gasteiger partial charge in [-0.25, -0.2) is 8.78 Å². The molecule has 0 saturated carbocycles. The second-order valence-electron chi connectivity index (χ2n) is 4.28. The van der Waals surface area contributed by atoms with Gasteiger partial charge in [-0.05, 0) is 32.4 Å². The van der Waals surface area contributed by atoms with Crippen LogP contribution in [-0.4, -0.2) is 11.4 Å². The van der Waals surface area contributed by atoms with E-state index in [-0.39, 0.29) is 5.56 Å². The first-order chi connectivity index (χ1) is 7.78. The first-order valence-electron chi connectivity index (χ1n) is 5.03. The fourth-order valence-corrected chi connectivity index (χ4v) is 1.25. The molecule has 1 rings (SSSR count). The lowest BCUT2D eigenvalue weighted by molar-refractivity contribution is 0.0921. The van der Waals surface area contributed by atoms with Gasteiger partial charge in [0.1, 0.15) is 17.2 Å². The van der Waals surface area contributed by atoms with Gasteiger partial charge in [0.15, 0.2) is 0 Å². The van der Waals surface area contributed by atoms with Gasteiger partial charge < -0.3 is 5.32 Å². The maximum Gasteiger partial charge on any atom is 0.258 e. The molecule has 0 radical (unpaired) electrons. The number of aryl methyl sites for hydroxylation is 1. The van der Waals surface area contributed by atoms with Crippen molar-refractivity contribution in [2.24, 2.45) is 0 Å². The lowest BCUT2D eigenvalue weighted by Gasteiger charge is -2.20. The van der Waals surface area contributed by atoms with Crippen LogP contribution in [0.3, 0.4) is 0 Å². The third-order valence-corrected chi connectivity index (χ3v) is 2.30. The zero-order valence-electron chi connectivity index (χ0n) is 9.90.